The van der Waals surface area contributed by atoms with Crippen molar-refractivity contribution in [3.8, 4) is 6.07 Å². The first-order valence-electron chi connectivity index (χ1n) is 6.03. The third-order valence-corrected chi connectivity index (χ3v) is 3.15. The first-order valence-corrected chi connectivity index (χ1v) is 6.03. The van der Waals surface area contributed by atoms with E-state index in [-0.39, 0.29) is 0 Å². The number of benzene rings is 1. The smallest absolute Gasteiger partial charge is 0.329 e. The molecule has 0 aliphatic heterocycles. The van der Waals surface area contributed by atoms with Crippen molar-refractivity contribution < 1.29 is 14.7 Å². The highest BCUT2D eigenvalue weighted by atomic mass is 16.4. The number of carboxylic acids is 1. The Labute approximate surface area is 117 Å². The molecule has 1 rings (SSSR count). The number of urea groups is 1. The van der Waals surface area contributed by atoms with Gasteiger partial charge < -0.3 is 15.3 Å². The summed E-state index contributed by atoms with van der Waals surface area (Å²) in [6.07, 6.45) is 0.306. The minimum Gasteiger partial charge on any atom is -0.480 e. The summed E-state index contributed by atoms with van der Waals surface area (Å²) in [6.45, 7) is 2.90. The summed E-state index contributed by atoms with van der Waals surface area (Å²) >= 11 is 0. The third kappa shape index (κ3) is 3.48. The second-order valence-corrected chi connectivity index (χ2v) is 4.89. The standard InChI is InChI=1S/C14H17N3O3/c1-14(2,12(18)19)17(3)13(20)16-11-6-4-10(5-7-11)8-9-15/h4-7H,8H2,1-3H3,(H,16,20)(H,18,19). The number of likely N-dealkylation sites (N-methyl/N-ethyl adjacent to an activating group) is 1. The van der Waals surface area contributed by atoms with Crippen molar-refractivity contribution in [1.82, 2.24) is 4.90 Å². The van der Waals surface area contributed by atoms with E-state index in [4.69, 9.17) is 10.4 Å². The maximum atomic E-state index is 12.0. The number of rotatable bonds is 4. The quantitative estimate of drug-likeness (QED) is 0.879. The van der Waals surface area contributed by atoms with Gasteiger partial charge in [-0.3, -0.25) is 0 Å². The van der Waals surface area contributed by atoms with Crippen LogP contribution in [0.1, 0.15) is 19.4 Å². The largest absolute Gasteiger partial charge is 0.480 e. The van der Waals surface area contributed by atoms with Gasteiger partial charge in [-0.05, 0) is 31.5 Å². The molecule has 0 spiro atoms. The predicted octanol–water partition coefficient (Wildman–Crippen LogP) is 2.08. The highest BCUT2D eigenvalue weighted by Gasteiger charge is 2.35. The van der Waals surface area contributed by atoms with Crippen LogP contribution in [-0.2, 0) is 11.2 Å². The van der Waals surface area contributed by atoms with Gasteiger partial charge in [-0.1, -0.05) is 12.1 Å². The topological polar surface area (TPSA) is 93.4 Å². The number of nitrogens with one attached hydrogen (secondary N) is 1. The molecular formula is C14H17N3O3. The summed E-state index contributed by atoms with van der Waals surface area (Å²) in [7, 11) is 1.42. The molecule has 6 heteroatoms. The summed E-state index contributed by atoms with van der Waals surface area (Å²) in [5, 5.41) is 20.2. The molecule has 2 amide bonds. The van der Waals surface area contributed by atoms with Crippen LogP contribution in [0, 0.1) is 11.3 Å². The zero-order valence-electron chi connectivity index (χ0n) is 11.7. The molecule has 0 heterocycles. The number of hydrogen-bond donors (Lipinski definition) is 2. The van der Waals surface area contributed by atoms with Gasteiger partial charge >= 0.3 is 12.0 Å². The minimum atomic E-state index is -1.30. The number of nitriles is 1. The number of carboxylic acid groups (broad SMARTS) is 1. The molecule has 0 unspecified atom stereocenters. The molecule has 106 valence electrons. The summed E-state index contributed by atoms with van der Waals surface area (Å²) in [5.41, 5.74) is 0.0969. The van der Waals surface area contributed by atoms with Crippen LogP contribution < -0.4 is 5.32 Å². The van der Waals surface area contributed by atoms with Crippen LogP contribution in [0.4, 0.5) is 10.5 Å². The maximum absolute atomic E-state index is 12.0. The number of carbonyl (C=O) groups excluding carboxylic acids is 1. The lowest BCUT2D eigenvalue weighted by Gasteiger charge is -2.31. The lowest BCUT2D eigenvalue weighted by Crippen LogP contribution is -2.52. The second-order valence-electron chi connectivity index (χ2n) is 4.89. The van der Waals surface area contributed by atoms with Crippen LogP contribution in [0.2, 0.25) is 0 Å². The number of hydrogen-bond acceptors (Lipinski definition) is 3. The normalized spacial score (nSPS) is 10.5. The summed E-state index contributed by atoms with van der Waals surface area (Å²) in [5.74, 6) is -1.08. The van der Waals surface area contributed by atoms with E-state index in [2.05, 4.69) is 5.32 Å². The highest BCUT2D eigenvalue weighted by Crippen LogP contribution is 2.16. The molecule has 0 saturated heterocycles. The molecule has 20 heavy (non-hydrogen) atoms. The number of carbonyl (C=O) groups is 2. The van der Waals surface area contributed by atoms with Crippen LogP contribution in [0.3, 0.4) is 0 Å². The molecular weight excluding hydrogens is 258 g/mol. The zero-order valence-corrected chi connectivity index (χ0v) is 11.7. The van der Waals surface area contributed by atoms with Crippen molar-refractivity contribution in [2.75, 3.05) is 12.4 Å². The Balaban J connectivity index is 2.76. The molecule has 0 aromatic heterocycles. The van der Waals surface area contributed by atoms with Crippen molar-refractivity contribution in [1.29, 1.82) is 5.26 Å². The molecule has 0 saturated carbocycles. The highest BCUT2D eigenvalue weighted by molar-refractivity contribution is 5.93. The van der Waals surface area contributed by atoms with Crippen LogP contribution in [0.5, 0.6) is 0 Å². The van der Waals surface area contributed by atoms with Gasteiger partial charge in [-0.15, -0.1) is 0 Å². The fraction of sp³-hybridized carbons (Fsp3) is 0.357. The van der Waals surface area contributed by atoms with Gasteiger partial charge in [0, 0.05) is 12.7 Å². The number of amides is 2. The third-order valence-electron chi connectivity index (χ3n) is 3.15. The summed E-state index contributed by atoms with van der Waals surface area (Å²) < 4.78 is 0. The molecule has 0 aliphatic carbocycles. The molecule has 0 fully saturated rings. The van der Waals surface area contributed by atoms with Crippen LogP contribution in [0.15, 0.2) is 24.3 Å². The van der Waals surface area contributed by atoms with E-state index < -0.39 is 17.5 Å². The first kappa shape index (κ1) is 15.5. The lowest BCUT2D eigenvalue weighted by molar-refractivity contribution is -0.146. The minimum absolute atomic E-state index is 0.306. The van der Waals surface area contributed by atoms with Crippen LogP contribution in [-0.4, -0.2) is 34.6 Å². The SMILES string of the molecule is CN(C(=O)Nc1ccc(CC#N)cc1)C(C)(C)C(=O)O. The van der Waals surface area contributed by atoms with Crippen molar-refractivity contribution in [3.05, 3.63) is 29.8 Å². The van der Waals surface area contributed by atoms with E-state index in [1.807, 2.05) is 6.07 Å². The number of anilines is 1. The predicted molar refractivity (Wildman–Crippen MR) is 74.3 cm³/mol. The molecule has 1 aromatic rings. The Kier molecular flexibility index (Phi) is 4.70. The molecule has 0 atom stereocenters. The fourth-order valence-corrected chi connectivity index (χ4v) is 1.40. The van der Waals surface area contributed by atoms with Crippen molar-refractivity contribution in [2.45, 2.75) is 25.8 Å². The fourth-order valence-electron chi connectivity index (χ4n) is 1.40. The molecule has 0 radical (unpaired) electrons. The first-order chi connectivity index (χ1) is 9.28. The Morgan fingerprint density at radius 1 is 1.35 bits per heavy atom. The van der Waals surface area contributed by atoms with Crippen molar-refractivity contribution >= 4 is 17.7 Å². The average molecular weight is 275 g/mol. The van der Waals surface area contributed by atoms with Gasteiger partial charge in [0.05, 0.1) is 12.5 Å². The summed E-state index contributed by atoms with van der Waals surface area (Å²) in [6, 6.07) is 8.35. The monoisotopic (exact) mass is 275 g/mol. The van der Waals surface area contributed by atoms with Gasteiger partial charge in [-0.25, -0.2) is 9.59 Å². The van der Waals surface area contributed by atoms with E-state index in [0.29, 0.717) is 12.1 Å². The zero-order chi connectivity index (χ0) is 15.3. The number of aliphatic carboxylic acids is 1. The van der Waals surface area contributed by atoms with Crippen molar-refractivity contribution in [3.63, 3.8) is 0 Å². The molecule has 0 bridgehead atoms. The maximum Gasteiger partial charge on any atom is 0.329 e. The molecule has 0 aliphatic rings. The summed E-state index contributed by atoms with van der Waals surface area (Å²) in [4.78, 5) is 24.2. The Hall–Kier alpha value is -2.55. The molecule has 2 N–H and O–H groups in total. The molecule has 6 nitrogen and oxygen atoms in total. The lowest BCUT2D eigenvalue weighted by atomic mass is 10.1. The van der Waals surface area contributed by atoms with E-state index in [0.717, 1.165) is 10.5 Å². The average Bonchev–Trinajstić information content (AvgIpc) is 2.40. The second kappa shape index (κ2) is 6.06. The van der Waals surface area contributed by atoms with Crippen LogP contribution >= 0.6 is 0 Å². The number of nitrogens with zero attached hydrogens (tertiary/aromatic N) is 2. The van der Waals surface area contributed by atoms with E-state index in [1.54, 1.807) is 24.3 Å². The Morgan fingerprint density at radius 3 is 2.35 bits per heavy atom. The van der Waals surface area contributed by atoms with Gasteiger partial charge in [0.1, 0.15) is 5.54 Å². The van der Waals surface area contributed by atoms with Gasteiger partial charge in [-0.2, -0.15) is 5.26 Å². The van der Waals surface area contributed by atoms with E-state index in [9.17, 15) is 9.59 Å². The Morgan fingerprint density at radius 2 is 1.90 bits per heavy atom. The van der Waals surface area contributed by atoms with Crippen molar-refractivity contribution in [2.24, 2.45) is 0 Å². The van der Waals surface area contributed by atoms with Gasteiger partial charge in [0.25, 0.3) is 0 Å². The molecule has 1 aromatic carbocycles. The van der Waals surface area contributed by atoms with Gasteiger partial charge in [0.15, 0.2) is 0 Å². The van der Waals surface area contributed by atoms with Gasteiger partial charge in [0.2, 0.25) is 0 Å². The Bertz CT molecular complexity index is 544. The van der Waals surface area contributed by atoms with E-state index in [1.165, 1.54) is 20.9 Å². The van der Waals surface area contributed by atoms with E-state index >= 15 is 0 Å². The van der Waals surface area contributed by atoms with Crippen LogP contribution in [0.25, 0.3) is 0 Å².